The van der Waals surface area contributed by atoms with Crippen LogP contribution in [0.5, 0.6) is 0 Å². The van der Waals surface area contributed by atoms with Gasteiger partial charge in [0.25, 0.3) is 0 Å². The van der Waals surface area contributed by atoms with Gasteiger partial charge in [0, 0.05) is 6.42 Å². The van der Waals surface area contributed by atoms with Gasteiger partial charge >= 0.3 is 12.1 Å². The molecule has 1 heterocycles. The van der Waals surface area contributed by atoms with E-state index in [-0.39, 0.29) is 12.8 Å². The lowest BCUT2D eigenvalue weighted by atomic mass is 9.44. The zero-order valence-electron chi connectivity index (χ0n) is 11.8. The third-order valence-electron chi connectivity index (χ3n) is 5.52. The van der Waals surface area contributed by atoms with Crippen molar-refractivity contribution in [1.29, 1.82) is 0 Å². The molecule has 2 aliphatic carbocycles. The number of hydrogen-bond donors (Lipinski definition) is 1. The number of carbonyl (C=O) groups excluding carboxylic acids is 1. The number of likely N-dealkylation sites (tertiary alicyclic amines) is 1. The van der Waals surface area contributed by atoms with Gasteiger partial charge in [0.15, 0.2) is 0 Å². The van der Waals surface area contributed by atoms with Gasteiger partial charge in [0.2, 0.25) is 5.91 Å². The molecule has 3 rings (SSSR count). The number of amides is 1. The molecule has 1 saturated heterocycles. The molecule has 3 aliphatic rings. The Morgan fingerprint density at radius 1 is 1.18 bits per heavy atom. The molecule has 1 spiro atoms. The second kappa shape index (κ2) is 4.58. The van der Waals surface area contributed by atoms with Crippen molar-refractivity contribution in [2.75, 3.05) is 6.54 Å². The zero-order chi connectivity index (χ0) is 16.3. The topological polar surface area (TPSA) is 57.6 Å². The van der Waals surface area contributed by atoms with E-state index in [4.69, 9.17) is 5.11 Å². The summed E-state index contributed by atoms with van der Waals surface area (Å²) < 4.78 is 53.9. The first-order valence-electron chi connectivity index (χ1n) is 7.35. The normalized spacial score (nSPS) is 32.5. The first-order valence-corrected chi connectivity index (χ1v) is 7.35. The van der Waals surface area contributed by atoms with Crippen molar-refractivity contribution in [2.24, 2.45) is 10.8 Å². The molecule has 1 unspecified atom stereocenters. The maximum atomic E-state index is 13.5. The average Bonchev–Trinajstić information content (AvgIpc) is 2.66. The van der Waals surface area contributed by atoms with Crippen molar-refractivity contribution in [3.05, 3.63) is 0 Å². The van der Waals surface area contributed by atoms with Gasteiger partial charge in [-0.2, -0.15) is 13.2 Å². The summed E-state index contributed by atoms with van der Waals surface area (Å²) in [6, 6.07) is -1.50. The van der Waals surface area contributed by atoms with Crippen LogP contribution in [-0.2, 0) is 9.59 Å². The number of halogens is 4. The molecule has 4 nitrogen and oxygen atoms in total. The molecule has 0 aromatic carbocycles. The molecule has 1 aliphatic heterocycles. The van der Waals surface area contributed by atoms with Crippen LogP contribution in [0.3, 0.4) is 0 Å². The summed E-state index contributed by atoms with van der Waals surface area (Å²) in [5.41, 5.74) is -2.94. The molecule has 1 amide bonds. The van der Waals surface area contributed by atoms with Crippen molar-refractivity contribution in [3.63, 3.8) is 0 Å². The SMILES string of the molecule is O=C(O)C1C[C@@H](F)CN1C(=O)C1(C(F)(F)F)CC2(CCC2)C1. The molecule has 2 saturated carbocycles. The van der Waals surface area contributed by atoms with Crippen LogP contribution in [0, 0.1) is 10.8 Å². The van der Waals surface area contributed by atoms with Crippen molar-refractivity contribution in [1.82, 2.24) is 4.90 Å². The van der Waals surface area contributed by atoms with Crippen molar-refractivity contribution < 1.29 is 32.3 Å². The Morgan fingerprint density at radius 3 is 2.18 bits per heavy atom. The van der Waals surface area contributed by atoms with Gasteiger partial charge in [0.05, 0.1) is 6.54 Å². The van der Waals surface area contributed by atoms with E-state index >= 15 is 0 Å². The van der Waals surface area contributed by atoms with Crippen LogP contribution in [0.2, 0.25) is 0 Å². The molecular weight excluding hydrogens is 306 g/mol. The zero-order valence-corrected chi connectivity index (χ0v) is 11.8. The van der Waals surface area contributed by atoms with Crippen molar-refractivity contribution >= 4 is 11.9 Å². The predicted octanol–water partition coefficient (Wildman–Crippen LogP) is 2.52. The second-order valence-corrected chi connectivity index (χ2v) is 6.93. The Balaban J connectivity index is 1.86. The highest BCUT2D eigenvalue weighted by molar-refractivity contribution is 5.90. The molecular formula is C14H17F4NO3. The standard InChI is InChI=1S/C14H17F4NO3/c15-8-4-9(10(20)21)19(5-8)11(22)13(14(16,17)18)6-12(7-13)2-1-3-12/h8-9H,1-7H2,(H,20,21)/t8-,9?/m1/s1. The van der Waals surface area contributed by atoms with Gasteiger partial charge in [-0.15, -0.1) is 0 Å². The van der Waals surface area contributed by atoms with Crippen LogP contribution in [0.1, 0.15) is 38.5 Å². The molecule has 0 radical (unpaired) electrons. The van der Waals surface area contributed by atoms with E-state index < -0.39 is 54.1 Å². The van der Waals surface area contributed by atoms with Crippen molar-refractivity contribution in [2.45, 2.75) is 56.9 Å². The molecule has 22 heavy (non-hydrogen) atoms. The molecule has 2 atom stereocenters. The van der Waals surface area contributed by atoms with E-state index in [1.165, 1.54) is 0 Å². The molecule has 1 N–H and O–H groups in total. The quantitative estimate of drug-likeness (QED) is 0.795. The summed E-state index contributed by atoms with van der Waals surface area (Å²) in [4.78, 5) is 24.1. The summed E-state index contributed by atoms with van der Waals surface area (Å²) >= 11 is 0. The number of hydrogen-bond acceptors (Lipinski definition) is 2. The minimum absolute atomic E-state index is 0.290. The highest BCUT2D eigenvalue weighted by Gasteiger charge is 2.73. The van der Waals surface area contributed by atoms with Gasteiger partial charge in [-0.05, 0) is 31.1 Å². The monoisotopic (exact) mass is 323 g/mol. The molecule has 0 bridgehead atoms. The molecule has 124 valence electrons. The minimum atomic E-state index is -4.73. The second-order valence-electron chi connectivity index (χ2n) is 6.93. The first-order chi connectivity index (χ1) is 10.1. The smallest absolute Gasteiger partial charge is 0.403 e. The predicted molar refractivity (Wildman–Crippen MR) is 66.7 cm³/mol. The van der Waals surface area contributed by atoms with Gasteiger partial charge in [-0.1, -0.05) is 6.42 Å². The van der Waals surface area contributed by atoms with Gasteiger partial charge < -0.3 is 10.0 Å². The fourth-order valence-corrected chi connectivity index (χ4v) is 4.25. The summed E-state index contributed by atoms with van der Waals surface area (Å²) in [5.74, 6) is -2.71. The number of rotatable bonds is 2. The summed E-state index contributed by atoms with van der Waals surface area (Å²) in [6.45, 7) is -0.569. The van der Waals surface area contributed by atoms with E-state index in [0.717, 1.165) is 6.42 Å². The third kappa shape index (κ3) is 2.02. The van der Waals surface area contributed by atoms with Crippen LogP contribution >= 0.6 is 0 Å². The minimum Gasteiger partial charge on any atom is -0.480 e. The van der Waals surface area contributed by atoms with Crippen LogP contribution in [0.25, 0.3) is 0 Å². The van der Waals surface area contributed by atoms with E-state index in [9.17, 15) is 27.2 Å². The van der Waals surface area contributed by atoms with Gasteiger partial charge in [0.1, 0.15) is 17.6 Å². The number of aliphatic carboxylic acids is 1. The fourth-order valence-electron chi connectivity index (χ4n) is 4.25. The van der Waals surface area contributed by atoms with E-state index in [1.807, 2.05) is 0 Å². The van der Waals surface area contributed by atoms with Crippen LogP contribution in [0.4, 0.5) is 17.6 Å². The van der Waals surface area contributed by atoms with E-state index in [0.29, 0.717) is 17.7 Å². The lowest BCUT2D eigenvalue weighted by molar-refractivity contribution is -0.285. The lowest BCUT2D eigenvalue weighted by Gasteiger charge is -2.60. The Kier molecular flexibility index (Phi) is 3.24. The summed E-state index contributed by atoms with van der Waals surface area (Å²) in [6.07, 6.45) is -5.14. The van der Waals surface area contributed by atoms with Gasteiger partial charge in [-0.25, -0.2) is 9.18 Å². The average molecular weight is 323 g/mol. The van der Waals surface area contributed by atoms with Crippen LogP contribution < -0.4 is 0 Å². The van der Waals surface area contributed by atoms with Crippen LogP contribution in [-0.4, -0.2) is 46.8 Å². The maximum Gasteiger partial charge on any atom is 0.403 e. The highest BCUT2D eigenvalue weighted by atomic mass is 19.4. The van der Waals surface area contributed by atoms with E-state index in [1.54, 1.807) is 0 Å². The maximum absolute atomic E-state index is 13.5. The lowest BCUT2D eigenvalue weighted by Crippen LogP contribution is -2.65. The molecule has 0 aromatic rings. The molecule has 8 heteroatoms. The fraction of sp³-hybridized carbons (Fsp3) is 0.857. The van der Waals surface area contributed by atoms with E-state index in [2.05, 4.69) is 0 Å². The first kappa shape index (κ1) is 15.6. The van der Waals surface area contributed by atoms with Crippen LogP contribution in [0.15, 0.2) is 0 Å². The van der Waals surface area contributed by atoms with Gasteiger partial charge in [-0.3, -0.25) is 4.79 Å². The van der Waals surface area contributed by atoms with Crippen molar-refractivity contribution in [3.8, 4) is 0 Å². The molecule has 0 aromatic heterocycles. The Morgan fingerprint density at radius 2 is 1.77 bits per heavy atom. The Bertz CT molecular complexity index is 507. The Hall–Kier alpha value is -1.34. The number of alkyl halides is 4. The number of carboxylic acids is 1. The Labute approximate surface area is 124 Å². The third-order valence-corrected chi connectivity index (χ3v) is 5.52. The summed E-state index contributed by atoms with van der Waals surface area (Å²) in [7, 11) is 0. The number of carbonyl (C=O) groups is 2. The number of nitrogens with zero attached hydrogens (tertiary/aromatic N) is 1. The highest BCUT2D eigenvalue weighted by Crippen LogP contribution is 2.69. The number of carboxylic acid groups (broad SMARTS) is 1. The molecule has 3 fully saturated rings. The largest absolute Gasteiger partial charge is 0.480 e. The summed E-state index contributed by atoms with van der Waals surface area (Å²) in [5, 5.41) is 9.03.